The summed E-state index contributed by atoms with van der Waals surface area (Å²) < 4.78 is 5.19. The number of rotatable bonds is 8. The molecule has 0 aliphatic carbocycles. The fourth-order valence-electron chi connectivity index (χ4n) is 1.41. The largest absolute Gasteiger partial charge is 0.461 e. The summed E-state index contributed by atoms with van der Waals surface area (Å²) in [7, 11) is 0. The van der Waals surface area contributed by atoms with E-state index in [1.54, 1.807) is 0 Å². The van der Waals surface area contributed by atoms with Crippen LogP contribution in [0.5, 0.6) is 0 Å². The summed E-state index contributed by atoms with van der Waals surface area (Å²) in [5, 5.41) is 0. The van der Waals surface area contributed by atoms with Crippen LogP contribution in [0.3, 0.4) is 0 Å². The number of hydrogen-bond acceptors (Lipinski definition) is 3. The molecule has 2 unspecified atom stereocenters. The van der Waals surface area contributed by atoms with Gasteiger partial charge in [-0.25, -0.2) is 0 Å². The minimum atomic E-state index is -0.678. The molecule has 0 saturated heterocycles. The number of carbonyl (C=O) groups is 1. The Kier molecular flexibility index (Phi) is 8.65. The zero-order valence-electron chi connectivity index (χ0n) is 10.4. The first-order valence-electron chi connectivity index (χ1n) is 6.01. The average Bonchev–Trinajstić information content (AvgIpc) is 2.24. The molecule has 0 radical (unpaired) electrons. The second-order valence-corrected chi connectivity index (χ2v) is 4.11. The Bertz CT molecular complexity index is 233. The lowest BCUT2D eigenvalue weighted by Crippen LogP contribution is -2.34. The van der Waals surface area contributed by atoms with E-state index in [9.17, 15) is 4.79 Å². The molecule has 2 atom stereocenters. The predicted octanol–water partition coefficient (Wildman–Crippen LogP) is 2.24. The Morgan fingerprint density at radius 2 is 2.12 bits per heavy atom. The number of carbonyl (C=O) groups excluding carboxylic acids is 1. The van der Waals surface area contributed by atoms with Crippen LogP contribution in [-0.4, -0.2) is 18.1 Å². The molecule has 0 amide bonds. The van der Waals surface area contributed by atoms with Gasteiger partial charge in [0.1, 0.15) is 6.04 Å². The van der Waals surface area contributed by atoms with Crippen LogP contribution in [0, 0.1) is 12.3 Å². The van der Waals surface area contributed by atoms with Crippen LogP contribution in [-0.2, 0) is 9.53 Å². The molecule has 0 spiro atoms. The van der Waals surface area contributed by atoms with E-state index in [0.29, 0.717) is 0 Å². The van der Waals surface area contributed by atoms with Crippen molar-refractivity contribution in [2.24, 2.45) is 5.73 Å². The topological polar surface area (TPSA) is 52.3 Å². The molecule has 0 aliphatic heterocycles. The molecule has 92 valence electrons. The number of nitrogens with two attached hydrogens (primary N) is 1. The average molecular weight is 225 g/mol. The minimum Gasteiger partial charge on any atom is -0.461 e. The lowest BCUT2D eigenvalue weighted by atomic mass is 10.1. The smallest absolute Gasteiger partial charge is 0.324 e. The van der Waals surface area contributed by atoms with Crippen molar-refractivity contribution in [3.05, 3.63) is 0 Å². The standard InChI is InChI=1S/C13H23NO2/c1-4-6-7-8-10-11(3)16-13(15)12(14)9-5-2/h2,11-12H,4,6-10,14H2,1,3H3. The van der Waals surface area contributed by atoms with Gasteiger partial charge in [-0.05, 0) is 19.8 Å². The van der Waals surface area contributed by atoms with E-state index in [4.69, 9.17) is 16.9 Å². The van der Waals surface area contributed by atoms with Gasteiger partial charge in [-0.3, -0.25) is 4.79 Å². The van der Waals surface area contributed by atoms with Crippen molar-refractivity contribution in [2.45, 2.75) is 64.5 Å². The monoisotopic (exact) mass is 225 g/mol. The van der Waals surface area contributed by atoms with Crippen LogP contribution < -0.4 is 5.73 Å². The van der Waals surface area contributed by atoms with Crippen LogP contribution in [0.15, 0.2) is 0 Å². The summed E-state index contributed by atoms with van der Waals surface area (Å²) in [4.78, 5) is 11.4. The number of unbranched alkanes of at least 4 members (excludes halogenated alkanes) is 3. The molecule has 3 nitrogen and oxygen atoms in total. The van der Waals surface area contributed by atoms with E-state index < -0.39 is 6.04 Å². The van der Waals surface area contributed by atoms with Gasteiger partial charge in [0.2, 0.25) is 0 Å². The first-order valence-corrected chi connectivity index (χ1v) is 6.01. The van der Waals surface area contributed by atoms with Crippen molar-refractivity contribution in [3.63, 3.8) is 0 Å². The molecule has 0 aromatic carbocycles. The van der Waals surface area contributed by atoms with E-state index in [-0.39, 0.29) is 18.5 Å². The molecule has 0 bridgehead atoms. The van der Waals surface area contributed by atoms with Crippen LogP contribution in [0.2, 0.25) is 0 Å². The van der Waals surface area contributed by atoms with Crippen molar-refractivity contribution in [2.75, 3.05) is 0 Å². The Morgan fingerprint density at radius 3 is 2.69 bits per heavy atom. The predicted molar refractivity (Wildman–Crippen MR) is 65.7 cm³/mol. The van der Waals surface area contributed by atoms with Gasteiger partial charge in [0.25, 0.3) is 0 Å². The Labute approximate surface area is 98.7 Å². The molecule has 0 aliphatic rings. The second-order valence-electron chi connectivity index (χ2n) is 4.11. The molecule has 0 aromatic heterocycles. The van der Waals surface area contributed by atoms with Gasteiger partial charge in [-0.15, -0.1) is 12.3 Å². The van der Waals surface area contributed by atoms with E-state index in [2.05, 4.69) is 12.8 Å². The normalized spacial score (nSPS) is 13.9. The number of terminal acetylenes is 1. The summed E-state index contributed by atoms with van der Waals surface area (Å²) in [5.41, 5.74) is 5.54. The van der Waals surface area contributed by atoms with Crippen LogP contribution >= 0.6 is 0 Å². The summed E-state index contributed by atoms with van der Waals surface area (Å²) in [6, 6.07) is -0.678. The van der Waals surface area contributed by atoms with E-state index in [1.165, 1.54) is 19.3 Å². The maximum Gasteiger partial charge on any atom is 0.324 e. The van der Waals surface area contributed by atoms with Gasteiger partial charge >= 0.3 is 5.97 Å². The highest BCUT2D eigenvalue weighted by Gasteiger charge is 2.16. The summed E-state index contributed by atoms with van der Waals surface area (Å²) in [6.45, 7) is 4.06. The molecular weight excluding hydrogens is 202 g/mol. The van der Waals surface area contributed by atoms with Gasteiger partial charge < -0.3 is 10.5 Å². The third kappa shape index (κ3) is 7.30. The molecule has 0 aromatic rings. The number of hydrogen-bond donors (Lipinski definition) is 1. The lowest BCUT2D eigenvalue weighted by Gasteiger charge is -2.15. The van der Waals surface area contributed by atoms with E-state index >= 15 is 0 Å². The molecule has 2 N–H and O–H groups in total. The third-order valence-corrected chi connectivity index (χ3v) is 2.42. The lowest BCUT2D eigenvalue weighted by molar-refractivity contribution is -0.150. The van der Waals surface area contributed by atoms with Gasteiger partial charge in [-0.1, -0.05) is 26.2 Å². The summed E-state index contributed by atoms with van der Waals surface area (Å²) in [5.74, 6) is 1.97. The fourth-order valence-corrected chi connectivity index (χ4v) is 1.41. The van der Waals surface area contributed by atoms with Gasteiger partial charge in [-0.2, -0.15) is 0 Å². The summed E-state index contributed by atoms with van der Waals surface area (Å²) >= 11 is 0. The highest BCUT2D eigenvalue weighted by molar-refractivity contribution is 5.76. The summed E-state index contributed by atoms with van der Waals surface area (Å²) in [6.07, 6.45) is 10.9. The van der Waals surface area contributed by atoms with Gasteiger partial charge in [0.05, 0.1) is 6.10 Å². The van der Waals surface area contributed by atoms with Crippen molar-refractivity contribution in [3.8, 4) is 12.3 Å². The third-order valence-electron chi connectivity index (χ3n) is 2.42. The van der Waals surface area contributed by atoms with E-state index in [0.717, 1.165) is 12.8 Å². The quantitative estimate of drug-likeness (QED) is 0.391. The molecule has 0 fully saturated rings. The first kappa shape index (κ1) is 15.0. The van der Waals surface area contributed by atoms with Crippen molar-refractivity contribution < 1.29 is 9.53 Å². The zero-order chi connectivity index (χ0) is 12.4. The highest BCUT2D eigenvalue weighted by atomic mass is 16.5. The molecule has 0 rings (SSSR count). The van der Waals surface area contributed by atoms with Crippen LogP contribution in [0.4, 0.5) is 0 Å². The molecule has 3 heteroatoms. The number of esters is 1. The van der Waals surface area contributed by atoms with Gasteiger partial charge in [0.15, 0.2) is 0 Å². The molecule has 16 heavy (non-hydrogen) atoms. The Morgan fingerprint density at radius 1 is 1.44 bits per heavy atom. The zero-order valence-corrected chi connectivity index (χ0v) is 10.4. The molecule has 0 heterocycles. The minimum absolute atomic E-state index is 0.0619. The van der Waals surface area contributed by atoms with E-state index in [1.807, 2.05) is 6.92 Å². The van der Waals surface area contributed by atoms with Crippen molar-refractivity contribution in [1.82, 2.24) is 0 Å². The van der Waals surface area contributed by atoms with Crippen molar-refractivity contribution in [1.29, 1.82) is 0 Å². The maximum absolute atomic E-state index is 11.4. The van der Waals surface area contributed by atoms with Crippen molar-refractivity contribution >= 4 is 5.97 Å². The van der Waals surface area contributed by atoms with Crippen LogP contribution in [0.1, 0.15) is 52.4 Å². The highest BCUT2D eigenvalue weighted by Crippen LogP contribution is 2.08. The van der Waals surface area contributed by atoms with Gasteiger partial charge in [0, 0.05) is 6.42 Å². The molecular formula is C13H23NO2. The molecule has 0 saturated carbocycles. The SMILES string of the molecule is C#CCC(N)C(=O)OC(C)CCCCCC. The maximum atomic E-state index is 11.4. The number of ether oxygens (including phenoxy) is 1. The second kappa shape index (κ2) is 9.23. The first-order chi connectivity index (χ1) is 7.61. The Hall–Kier alpha value is -1.01. The van der Waals surface area contributed by atoms with Crippen LogP contribution in [0.25, 0.3) is 0 Å². The Balaban J connectivity index is 3.66. The fraction of sp³-hybridized carbons (Fsp3) is 0.769.